The molecule has 0 aliphatic heterocycles. The Balaban J connectivity index is 3.85. The molecule has 0 aromatic rings. The van der Waals surface area contributed by atoms with Gasteiger partial charge in [-0.15, -0.1) is 0 Å². The molecule has 0 rings (SSSR count). The van der Waals surface area contributed by atoms with Crippen LogP contribution in [0.5, 0.6) is 0 Å². The molecule has 0 unspecified atom stereocenters. The van der Waals surface area contributed by atoms with Gasteiger partial charge in [0.15, 0.2) is 0 Å². The van der Waals surface area contributed by atoms with Crippen LogP contribution in [0.4, 0.5) is 0 Å². The minimum atomic E-state index is -3.11. The molecule has 0 fully saturated rings. The van der Waals surface area contributed by atoms with Gasteiger partial charge in [-0.1, -0.05) is 0 Å². The summed E-state index contributed by atoms with van der Waals surface area (Å²) in [6.07, 6.45) is 1.02. The van der Waals surface area contributed by atoms with Crippen molar-refractivity contribution in [2.75, 3.05) is 6.26 Å². The van der Waals surface area contributed by atoms with Crippen molar-refractivity contribution in [3.63, 3.8) is 0 Å². The van der Waals surface area contributed by atoms with Crippen molar-refractivity contribution in [1.29, 1.82) is 0 Å². The molecule has 0 aromatic carbocycles. The van der Waals surface area contributed by atoms with Gasteiger partial charge in [0, 0.05) is 0 Å². The maximum atomic E-state index is 9.81. The summed E-state index contributed by atoms with van der Waals surface area (Å²) in [5.41, 5.74) is 0. The van der Waals surface area contributed by atoms with E-state index in [1.807, 2.05) is 0 Å². The van der Waals surface area contributed by atoms with E-state index in [9.17, 15) is 8.42 Å². The van der Waals surface area contributed by atoms with E-state index in [4.69, 9.17) is 0 Å². The van der Waals surface area contributed by atoms with Crippen LogP contribution in [0.25, 0.3) is 0 Å². The third-order valence-corrected chi connectivity index (χ3v) is 3.56. The van der Waals surface area contributed by atoms with Crippen molar-refractivity contribution >= 4 is 35.3 Å². The summed E-state index contributed by atoms with van der Waals surface area (Å²) in [5, 5.41) is 0. The number of hydrogen-bond donors (Lipinski definition) is 0. The summed E-state index contributed by atoms with van der Waals surface area (Å²) < 4.78 is 23.6. The summed E-state index contributed by atoms with van der Waals surface area (Å²) in [6.45, 7) is 0. The zero-order valence-electron chi connectivity index (χ0n) is 3.08. The van der Waals surface area contributed by atoms with Crippen LogP contribution in [0, 0.1) is 0 Å². The monoisotopic (exact) mass is 304 g/mol. The first kappa shape index (κ1) is 6.79. The van der Waals surface area contributed by atoms with Crippen LogP contribution in [-0.2, 0) is 12.4 Å². The average molecular weight is 304 g/mol. The van der Waals surface area contributed by atoms with Gasteiger partial charge >= 0.3 is 52.2 Å². The van der Waals surface area contributed by atoms with Gasteiger partial charge in [0.05, 0.1) is 0 Å². The van der Waals surface area contributed by atoms with E-state index in [-0.39, 0.29) is 0 Å². The molecule has 0 aliphatic carbocycles. The Kier molecular flexibility index (Phi) is 2.48. The van der Waals surface area contributed by atoms with Crippen LogP contribution in [0.3, 0.4) is 0 Å². The van der Waals surface area contributed by atoms with Crippen molar-refractivity contribution in [1.82, 2.24) is 0 Å². The van der Waals surface area contributed by atoms with Gasteiger partial charge in [-0.3, -0.25) is 0 Å². The molecular weight excluding hydrogens is 301 g/mol. The Bertz CT molecular complexity index is 113. The summed E-state index contributed by atoms with van der Waals surface area (Å²) in [6, 6.07) is 0. The Morgan fingerprint density at radius 3 is 1.83 bits per heavy atom. The zero-order chi connectivity index (χ0) is 5.21. The van der Waals surface area contributed by atoms with Crippen LogP contribution in [0.2, 0.25) is 0 Å². The van der Waals surface area contributed by atoms with Crippen molar-refractivity contribution in [2.24, 2.45) is 0 Å². The molecule has 5 heteroatoms. The van der Waals surface area contributed by atoms with Crippen LogP contribution in [0.15, 0.2) is 0 Å². The molecule has 0 amide bonds. The fourth-order valence-corrected chi connectivity index (χ4v) is 0. The molecule has 0 heterocycles. The molecule has 0 saturated heterocycles. The number of rotatable bonds is 1. The zero-order valence-corrected chi connectivity index (χ0v) is 7.37. The minimum absolute atomic E-state index is 0.432. The molecule has 0 atom stereocenters. The topological polar surface area (TPSA) is 43.4 Å². The second kappa shape index (κ2) is 2.19. The Morgan fingerprint density at radius 1 is 1.67 bits per heavy atom. The van der Waals surface area contributed by atoms with Gasteiger partial charge in [0.1, 0.15) is 0 Å². The second-order valence-corrected chi connectivity index (χ2v) is 4.07. The summed E-state index contributed by atoms with van der Waals surface area (Å²) in [7, 11) is -3.11. The normalized spacial score (nSPS) is 11.7. The summed E-state index contributed by atoms with van der Waals surface area (Å²) in [5.74, 6) is 0. The average Bonchev–Trinajstić information content (AvgIpc) is 1.35. The molecule has 0 spiro atoms. The van der Waals surface area contributed by atoms with Crippen molar-refractivity contribution in [3.05, 3.63) is 0 Å². The van der Waals surface area contributed by atoms with Crippen molar-refractivity contribution < 1.29 is 10.7 Å². The Hall–Kier alpha value is 0.793. The van der Waals surface area contributed by atoms with Crippen molar-refractivity contribution in [2.45, 2.75) is 0 Å². The number of hydrogen-bond acceptors (Lipinski definition) is 3. The fraction of sp³-hybridized carbons (Fsp3) is 1.00. The molecule has 0 saturated carbocycles. The molecule has 0 aromatic heterocycles. The van der Waals surface area contributed by atoms with Gasteiger partial charge in [0.25, 0.3) is 0 Å². The summed E-state index contributed by atoms with van der Waals surface area (Å²) >= 11 is 0.432. The van der Waals surface area contributed by atoms with E-state index in [2.05, 4.69) is 2.26 Å². The molecule has 6 heavy (non-hydrogen) atoms. The standard InChI is InChI=1S/CH4O3S.Bi/c1-5(2,3)4;/h1H3,(H,2,3,4);/q;+1/p-1. The maximum absolute atomic E-state index is 9.81. The molecule has 0 bridgehead atoms. The SMILES string of the molecule is CS(=O)(=O)[O][Bi]. The first-order valence-electron chi connectivity index (χ1n) is 1.09. The molecule has 0 N–H and O–H groups in total. The van der Waals surface area contributed by atoms with Gasteiger partial charge in [-0.25, -0.2) is 0 Å². The van der Waals surface area contributed by atoms with Crippen LogP contribution in [0.1, 0.15) is 0 Å². The van der Waals surface area contributed by atoms with Crippen molar-refractivity contribution in [3.8, 4) is 0 Å². The second-order valence-electron chi connectivity index (χ2n) is 0.779. The summed E-state index contributed by atoms with van der Waals surface area (Å²) in [4.78, 5) is 0. The van der Waals surface area contributed by atoms with E-state index in [0.29, 0.717) is 25.2 Å². The predicted octanol–water partition coefficient (Wildman–Crippen LogP) is -0.954. The van der Waals surface area contributed by atoms with Gasteiger partial charge < -0.3 is 0 Å². The first-order valence-corrected chi connectivity index (χ1v) is 4.33. The quantitative estimate of drug-likeness (QED) is 0.587. The third kappa shape index (κ3) is 4.79. The van der Waals surface area contributed by atoms with E-state index in [0.717, 1.165) is 6.26 Å². The van der Waals surface area contributed by atoms with Crippen LogP contribution < -0.4 is 0 Å². The van der Waals surface area contributed by atoms with Gasteiger partial charge in [-0.05, 0) is 0 Å². The van der Waals surface area contributed by atoms with E-state index in [1.165, 1.54) is 0 Å². The molecule has 0 aliphatic rings. The van der Waals surface area contributed by atoms with E-state index < -0.39 is 10.1 Å². The van der Waals surface area contributed by atoms with Crippen LogP contribution in [-0.4, -0.2) is 39.8 Å². The molecular formula is CH3BiO3S. The van der Waals surface area contributed by atoms with Crippen LogP contribution >= 0.6 is 0 Å². The molecule has 36 valence electrons. The predicted molar refractivity (Wildman–Crippen MR) is 21.7 cm³/mol. The first-order chi connectivity index (χ1) is 2.56. The fourth-order valence-electron chi connectivity index (χ4n) is 0. The van der Waals surface area contributed by atoms with E-state index in [1.54, 1.807) is 0 Å². The Morgan fingerprint density at radius 2 is 1.83 bits per heavy atom. The third-order valence-electron chi connectivity index (χ3n) is 0.135. The van der Waals surface area contributed by atoms with Gasteiger partial charge in [0.2, 0.25) is 0 Å². The molecule has 2 radical (unpaired) electrons. The molecule has 3 nitrogen and oxygen atoms in total. The van der Waals surface area contributed by atoms with Gasteiger partial charge in [-0.2, -0.15) is 0 Å². The van der Waals surface area contributed by atoms with E-state index >= 15 is 0 Å². The Labute approximate surface area is 52.3 Å².